The van der Waals surface area contributed by atoms with Gasteiger partial charge in [0.15, 0.2) is 0 Å². The molecule has 0 atom stereocenters. The number of carbonyl (C=O) groups is 1. The van der Waals surface area contributed by atoms with Gasteiger partial charge in [0.2, 0.25) is 11.0 Å². The van der Waals surface area contributed by atoms with Crippen molar-refractivity contribution in [2.45, 2.75) is 46.0 Å². The van der Waals surface area contributed by atoms with Crippen molar-refractivity contribution < 1.29 is 4.79 Å². The maximum atomic E-state index is 11.9. The van der Waals surface area contributed by atoms with Gasteiger partial charge >= 0.3 is 0 Å². The molecule has 1 aromatic heterocycles. The lowest BCUT2D eigenvalue weighted by Gasteiger charge is -2.21. The number of carbonyl (C=O) groups excluding carboxylic acids is 1. The molecule has 1 aliphatic heterocycles. The molecule has 1 amide bonds. The molecule has 1 aliphatic rings. The quantitative estimate of drug-likeness (QED) is 0.840. The fourth-order valence-electron chi connectivity index (χ4n) is 2.42. The molecule has 2 rings (SSSR count). The predicted molar refractivity (Wildman–Crippen MR) is 89.2 cm³/mol. The van der Waals surface area contributed by atoms with E-state index in [0.29, 0.717) is 23.4 Å². The van der Waals surface area contributed by atoms with Crippen LogP contribution >= 0.6 is 23.7 Å². The number of nitrogens with one attached hydrogen (secondary N) is 2. The van der Waals surface area contributed by atoms with Gasteiger partial charge in [-0.2, -0.15) is 0 Å². The van der Waals surface area contributed by atoms with Crippen LogP contribution in [0.2, 0.25) is 0 Å². The minimum Gasteiger partial charge on any atom is -0.317 e. The molecular weight excluding hydrogens is 308 g/mol. The SMILES string of the molecule is CC(C)Cc1nnc(NC(=O)CCC2CCNCC2)s1.Cl. The highest BCUT2D eigenvalue weighted by atomic mass is 35.5. The molecule has 1 aromatic rings. The fourth-order valence-corrected chi connectivity index (χ4v) is 3.39. The number of amides is 1. The number of piperidine rings is 1. The number of anilines is 1. The number of aromatic nitrogens is 2. The van der Waals surface area contributed by atoms with Gasteiger partial charge in [-0.15, -0.1) is 22.6 Å². The van der Waals surface area contributed by atoms with Gasteiger partial charge in [-0.1, -0.05) is 25.2 Å². The number of hydrogen-bond acceptors (Lipinski definition) is 5. The Hall–Kier alpha value is -0.720. The van der Waals surface area contributed by atoms with Gasteiger partial charge in [0.05, 0.1) is 0 Å². The number of nitrogens with zero attached hydrogens (tertiary/aromatic N) is 2. The maximum absolute atomic E-state index is 11.9. The number of rotatable bonds is 6. The van der Waals surface area contributed by atoms with Gasteiger partial charge in [-0.3, -0.25) is 4.79 Å². The molecule has 1 saturated heterocycles. The summed E-state index contributed by atoms with van der Waals surface area (Å²) in [7, 11) is 0. The molecule has 2 heterocycles. The molecule has 0 bridgehead atoms. The topological polar surface area (TPSA) is 66.9 Å². The van der Waals surface area contributed by atoms with Crippen molar-refractivity contribution in [3.8, 4) is 0 Å². The lowest BCUT2D eigenvalue weighted by Crippen LogP contribution is -2.28. The molecule has 7 heteroatoms. The molecule has 0 aromatic carbocycles. The van der Waals surface area contributed by atoms with E-state index in [2.05, 4.69) is 34.7 Å². The molecule has 1 fully saturated rings. The molecule has 0 saturated carbocycles. The van der Waals surface area contributed by atoms with Gasteiger partial charge in [-0.25, -0.2) is 0 Å². The van der Waals surface area contributed by atoms with E-state index in [0.717, 1.165) is 30.9 Å². The molecule has 0 aliphatic carbocycles. The minimum atomic E-state index is 0. The van der Waals surface area contributed by atoms with Crippen molar-refractivity contribution in [2.24, 2.45) is 11.8 Å². The molecule has 2 N–H and O–H groups in total. The van der Waals surface area contributed by atoms with Crippen LogP contribution in [0.1, 0.15) is 44.5 Å². The summed E-state index contributed by atoms with van der Waals surface area (Å²) in [5, 5.41) is 16.0. The molecular formula is C14H25ClN4OS. The van der Waals surface area contributed by atoms with Crippen molar-refractivity contribution in [2.75, 3.05) is 18.4 Å². The van der Waals surface area contributed by atoms with E-state index in [9.17, 15) is 4.79 Å². The average molecular weight is 333 g/mol. The summed E-state index contributed by atoms with van der Waals surface area (Å²) in [6.45, 7) is 6.47. The zero-order valence-corrected chi connectivity index (χ0v) is 14.4. The first-order valence-corrected chi connectivity index (χ1v) is 8.28. The summed E-state index contributed by atoms with van der Waals surface area (Å²) in [5.74, 6) is 1.31. The van der Waals surface area contributed by atoms with Crippen LogP contribution in [-0.4, -0.2) is 29.2 Å². The van der Waals surface area contributed by atoms with Gasteiger partial charge in [0.25, 0.3) is 0 Å². The van der Waals surface area contributed by atoms with Crippen LogP contribution in [0.25, 0.3) is 0 Å². The highest BCUT2D eigenvalue weighted by molar-refractivity contribution is 7.15. The molecule has 0 unspecified atom stereocenters. The fraction of sp³-hybridized carbons (Fsp3) is 0.786. The van der Waals surface area contributed by atoms with Crippen molar-refractivity contribution >= 4 is 34.8 Å². The molecule has 0 radical (unpaired) electrons. The Kier molecular flexibility index (Phi) is 8.14. The van der Waals surface area contributed by atoms with E-state index in [4.69, 9.17) is 0 Å². The van der Waals surface area contributed by atoms with Gasteiger partial charge in [-0.05, 0) is 44.2 Å². The van der Waals surface area contributed by atoms with Crippen LogP contribution in [0, 0.1) is 11.8 Å². The Morgan fingerprint density at radius 1 is 1.38 bits per heavy atom. The van der Waals surface area contributed by atoms with E-state index < -0.39 is 0 Å². The van der Waals surface area contributed by atoms with Crippen LogP contribution in [0.4, 0.5) is 5.13 Å². The highest BCUT2D eigenvalue weighted by Crippen LogP contribution is 2.20. The lowest BCUT2D eigenvalue weighted by atomic mass is 9.93. The lowest BCUT2D eigenvalue weighted by molar-refractivity contribution is -0.116. The van der Waals surface area contributed by atoms with E-state index in [1.807, 2.05) is 0 Å². The molecule has 21 heavy (non-hydrogen) atoms. The van der Waals surface area contributed by atoms with E-state index in [1.165, 1.54) is 24.2 Å². The van der Waals surface area contributed by atoms with E-state index in [-0.39, 0.29) is 18.3 Å². The van der Waals surface area contributed by atoms with Crippen LogP contribution in [0.5, 0.6) is 0 Å². The Balaban J connectivity index is 0.00000220. The zero-order valence-electron chi connectivity index (χ0n) is 12.7. The van der Waals surface area contributed by atoms with E-state index >= 15 is 0 Å². The smallest absolute Gasteiger partial charge is 0.226 e. The number of hydrogen-bond donors (Lipinski definition) is 2. The van der Waals surface area contributed by atoms with Gasteiger partial charge in [0, 0.05) is 12.8 Å². The molecule has 0 spiro atoms. The Morgan fingerprint density at radius 2 is 2.10 bits per heavy atom. The van der Waals surface area contributed by atoms with Crippen LogP contribution in [0.15, 0.2) is 0 Å². The monoisotopic (exact) mass is 332 g/mol. The molecule has 5 nitrogen and oxygen atoms in total. The first-order valence-electron chi connectivity index (χ1n) is 7.46. The minimum absolute atomic E-state index is 0. The second kappa shape index (κ2) is 9.33. The highest BCUT2D eigenvalue weighted by Gasteiger charge is 2.15. The van der Waals surface area contributed by atoms with Crippen LogP contribution < -0.4 is 10.6 Å². The summed E-state index contributed by atoms with van der Waals surface area (Å²) < 4.78 is 0. The van der Waals surface area contributed by atoms with Crippen molar-refractivity contribution in [3.05, 3.63) is 5.01 Å². The van der Waals surface area contributed by atoms with Crippen LogP contribution in [0.3, 0.4) is 0 Å². The molecule has 120 valence electrons. The van der Waals surface area contributed by atoms with Crippen molar-refractivity contribution in [3.63, 3.8) is 0 Å². The zero-order chi connectivity index (χ0) is 14.4. The third-order valence-electron chi connectivity index (χ3n) is 3.53. The second-order valence-electron chi connectivity index (χ2n) is 5.88. The first-order chi connectivity index (χ1) is 9.63. The van der Waals surface area contributed by atoms with Crippen LogP contribution in [-0.2, 0) is 11.2 Å². The summed E-state index contributed by atoms with van der Waals surface area (Å²) in [6, 6.07) is 0. The first kappa shape index (κ1) is 18.3. The van der Waals surface area contributed by atoms with Gasteiger partial charge < -0.3 is 10.6 Å². The maximum Gasteiger partial charge on any atom is 0.226 e. The standard InChI is InChI=1S/C14H24N4OS.ClH/c1-10(2)9-13-17-18-14(20-13)16-12(19)4-3-11-5-7-15-8-6-11;/h10-11,15H,3-9H2,1-2H3,(H,16,18,19);1H. The Labute approximate surface area is 136 Å². The summed E-state index contributed by atoms with van der Waals surface area (Å²) in [5.41, 5.74) is 0. The van der Waals surface area contributed by atoms with Gasteiger partial charge in [0.1, 0.15) is 5.01 Å². The predicted octanol–water partition coefficient (Wildman–Crippen LogP) is 2.88. The Bertz CT molecular complexity index is 432. The Morgan fingerprint density at radius 3 is 2.76 bits per heavy atom. The normalized spacial score (nSPS) is 15.8. The van der Waals surface area contributed by atoms with E-state index in [1.54, 1.807) is 0 Å². The summed E-state index contributed by atoms with van der Waals surface area (Å²) in [6.07, 6.45) is 4.85. The average Bonchev–Trinajstić information content (AvgIpc) is 2.84. The number of halogens is 1. The van der Waals surface area contributed by atoms with Crippen molar-refractivity contribution in [1.29, 1.82) is 0 Å². The third kappa shape index (κ3) is 6.72. The summed E-state index contributed by atoms with van der Waals surface area (Å²) in [4.78, 5) is 11.9. The third-order valence-corrected chi connectivity index (χ3v) is 4.40. The largest absolute Gasteiger partial charge is 0.317 e. The van der Waals surface area contributed by atoms with Crippen molar-refractivity contribution in [1.82, 2.24) is 15.5 Å². The summed E-state index contributed by atoms with van der Waals surface area (Å²) >= 11 is 1.49. The second-order valence-corrected chi connectivity index (χ2v) is 6.94.